The van der Waals surface area contributed by atoms with Crippen molar-refractivity contribution >= 4 is 12.4 Å². The molecule has 0 radical (unpaired) electrons. The molecule has 0 saturated carbocycles. The van der Waals surface area contributed by atoms with Crippen LogP contribution in [-0.2, 0) is 14.3 Å². The molecular formula is C8H13NO3. The van der Waals surface area contributed by atoms with Crippen molar-refractivity contribution in [1.82, 2.24) is 5.32 Å². The standard InChI is InChI=1S/C8H13NO3/c1-4-12-8(11)6(2)7(3)9-5-10/h5H,4H2,1-3H3,(H,9,10)/b7-6-. The van der Waals surface area contributed by atoms with E-state index in [0.29, 0.717) is 24.3 Å². The van der Waals surface area contributed by atoms with Crippen molar-refractivity contribution in [2.75, 3.05) is 6.61 Å². The molecule has 0 spiro atoms. The van der Waals surface area contributed by atoms with Crippen LogP contribution in [0.2, 0.25) is 0 Å². The number of hydrogen-bond donors (Lipinski definition) is 1. The predicted octanol–water partition coefficient (Wildman–Crippen LogP) is 0.589. The molecule has 0 bridgehead atoms. The van der Waals surface area contributed by atoms with Gasteiger partial charge in [-0.25, -0.2) is 4.79 Å². The lowest BCUT2D eigenvalue weighted by molar-refractivity contribution is -0.138. The molecule has 0 rings (SSSR count). The quantitative estimate of drug-likeness (QED) is 0.382. The molecular weight excluding hydrogens is 158 g/mol. The second kappa shape index (κ2) is 5.35. The first-order valence-corrected chi connectivity index (χ1v) is 3.68. The number of rotatable bonds is 4. The first kappa shape index (κ1) is 10.7. The average Bonchev–Trinajstić information content (AvgIpc) is 2.04. The summed E-state index contributed by atoms with van der Waals surface area (Å²) in [7, 11) is 0. The Morgan fingerprint density at radius 2 is 2.08 bits per heavy atom. The molecule has 0 aliphatic carbocycles. The van der Waals surface area contributed by atoms with Crippen LogP contribution in [-0.4, -0.2) is 19.0 Å². The van der Waals surface area contributed by atoms with E-state index in [9.17, 15) is 9.59 Å². The first-order chi connectivity index (χ1) is 5.63. The average molecular weight is 171 g/mol. The van der Waals surface area contributed by atoms with Crippen molar-refractivity contribution in [2.24, 2.45) is 0 Å². The number of carbonyl (C=O) groups excluding carboxylic acids is 2. The molecule has 0 heterocycles. The number of allylic oxidation sites excluding steroid dienone is 1. The minimum atomic E-state index is -0.399. The van der Waals surface area contributed by atoms with Gasteiger partial charge in [0.25, 0.3) is 0 Å². The number of esters is 1. The van der Waals surface area contributed by atoms with E-state index in [4.69, 9.17) is 4.74 Å². The fourth-order valence-electron chi connectivity index (χ4n) is 0.589. The number of carbonyl (C=O) groups is 2. The summed E-state index contributed by atoms with van der Waals surface area (Å²) in [5.74, 6) is -0.399. The second-order valence-electron chi connectivity index (χ2n) is 2.23. The highest BCUT2D eigenvalue weighted by molar-refractivity contribution is 5.88. The minimum Gasteiger partial charge on any atom is -0.463 e. The number of ether oxygens (including phenoxy) is 1. The van der Waals surface area contributed by atoms with Crippen LogP contribution in [0.5, 0.6) is 0 Å². The summed E-state index contributed by atoms with van der Waals surface area (Å²) >= 11 is 0. The van der Waals surface area contributed by atoms with Crippen LogP contribution < -0.4 is 5.32 Å². The molecule has 0 aromatic carbocycles. The molecule has 0 aliphatic rings. The maximum atomic E-state index is 11.0. The third-order valence-corrected chi connectivity index (χ3v) is 1.42. The number of hydrogen-bond acceptors (Lipinski definition) is 3. The third-order valence-electron chi connectivity index (χ3n) is 1.42. The van der Waals surface area contributed by atoms with Gasteiger partial charge in [0.15, 0.2) is 0 Å². The van der Waals surface area contributed by atoms with Crippen LogP contribution in [0.3, 0.4) is 0 Å². The van der Waals surface area contributed by atoms with Crippen LogP contribution in [0.15, 0.2) is 11.3 Å². The normalized spacial score (nSPS) is 11.6. The summed E-state index contributed by atoms with van der Waals surface area (Å²) in [6, 6.07) is 0. The van der Waals surface area contributed by atoms with Gasteiger partial charge in [0, 0.05) is 5.70 Å². The Balaban J connectivity index is 4.31. The fraction of sp³-hybridized carbons (Fsp3) is 0.500. The maximum absolute atomic E-state index is 11.0. The lowest BCUT2D eigenvalue weighted by atomic mass is 10.2. The molecule has 1 amide bonds. The van der Waals surface area contributed by atoms with E-state index in [1.54, 1.807) is 20.8 Å². The van der Waals surface area contributed by atoms with Crippen LogP contribution in [0.25, 0.3) is 0 Å². The molecule has 4 nitrogen and oxygen atoms in total. The summed E-state index contributed by atoms with van der Waals surface area (Å²) < 4.78 is 4.72. The highest BCUT2D eigenvalue weighted by atomic mass is 16.5. The Morgan fingerprint density at radius 1 is 1.50 bits per heavy atom. The highest BCUT2D eigenvalue weighted by Crippen LogP contribution is 2.01. The Morgan fingerprint density at radius 3 is 2.50 bits per heavy atom. The molecule has 0 atom stereocenters. The SMILES string of the molecule is CCOC(=O)/C(C)=C(/C)NC=O. The van der Waals surface area contributed by atoms with Crippen LogP contribution >= 0.6 is 0 Å². The Hall–Kier alpha value is -1.32. The lowest BCUT2D eigenvalue weighted by Gasteiger charge is -2.04. The van der Waals surface area contributed by atoms with Crippen molar-refractivity contribution in [3.63, 3.8) is 0 Å². The molecule has 0 saturated heterocycles. The molecule has 68 valence electrons. The van der Waals surface area contributed by atoms with Gasteiger partial charge in [-0.05, 0) is 20.8 Å². The van der Waals surface area contributed by atoms with Crippen molar-refractivity contribution in [3.05, 3.63) is 11.3 Å². The summed E-state index contributed by atoms with van der Waals surface area (Å²) in [6.45, 7) is 5.31. The maximum Gasteiger partial charge on any atom is 0.335 e. The Labute approximate surface area is 71.6 Å². The molecule has 0 aromatic rings. The van der Waals surface area contributed by atoms with Gasteiger partial charge in [0.2, 0.25) is 6.41 Å². The third kappa shape index (κ3) is 3.18. The second-order valence-corrected chi connectivity index (χ2v) is 2.23. The molecule has 0 aliphatic heterocycles. The van der Waals surface area contributed by atoms with Crippen LogP contribution in [0, 0.1) is 0 Å². The van der Waals surface area contributed by atoms with Gasteiger partial charge in [-0.2, -0.15) is 0 Å². The summed E-state index contributed by atoms with van der Waals surface area (Å²) in [5, 5.41) is 2.38. The van der Waals surface area contributed by atoms with E-state index in [1.165, 1.54) is 0 Å². The van der Waals surface area contributed by atoms with Gasteiger partial charge in [-0.3, -0.25) is 4.79 Å². The van der Waals surface area contributed by atoms with Gasteiger partial charge < -0.3 is 10.1 Å². The van der Waals surface area contributed by atoms with Gasteiger partial charge in [0.05, 0.1) is 12.2 Å². The Bertz CT molecular complexity index is 208. The zero-order valence-corrected chi connectivity index (χ0v) is 7.51. The largest absolute Gasteiger partial charge is 0.463 e. The predicted molar refractivity (Wildman–Crippen MR) is 44.2 cm³/mol. The van der Waals surface area contributed by atoms with Gasteiger partial charge >= 0.3 is 5.97 Å². The number of amides is 1. The highest BCUT2D eigenvalue weighted by Gasteiger charge is 2.07. The lowest BCUT2D eigenvalue weighted by Crippen LogP contribution is -2.15. The number of nitrogens with one attached hydrogen (secondary N) is 1. The van der Waals surface area contributed by atoms with E-state index in [-0.39, 0.29) is 0 Å². The molecule has 1 N–H and O–H groups in total. The van der Waals surface area contributed by atoms with Gasteiger partial charge in [-0.1, -0.05) is 0 Å². The smallest absolute Gasteiger partial charge is 0.335 e. The zero-order valence-electron chi connectivity index (χ0n) is 7.51. The van der Waals surface area contributed by atoms with Crippen molar-refractivity contribution < 1.29 is 14.3 Å². The van der Waals surface area contributed by atoms with E-state index in [2.05, 4.69) is 5.32 Å². The van der Waals surface area contributed by atoms with Crippen molar-refractivity contribution in [2.45, 2.75) is 20.8 Å². The summed E-state index contributed by atoms with van der Waals surface area (Å²) in [5.41, 5.74) is 0.937. The van der Waals surface area contributed by atoms with Crippen LogP contribution in [0.4, 0.5) is 0 Å². The van der Waals surface area contributed by atoms with E-state index >= 15 is 0 Å². The van der Waals surface area contributed by atoms with Gasteiger partial charge in [-0.15, -0.1) is 0 Å². The van der Waals surface area contributed by atoms with Crippen molar-refractivity contribution in [1.29, 1.82) is 0 Å². The molecule has 0 aromatic heterocycles. The monoisotopic (exact) mass is 171 g/mol. The summed E-state index contributed by atoms with van der Waals surface area (Å²) in [4.78, 5) is 21.0. The topological polar surface area (TPSA) is 55.4 Å². The van der Waals surface area contributed by atoms with E-state index in [1.807, 2.05) is 0 Å². The molecule has 0 unspecified atom stereocenters. The Kier molecular flexibility index (Phi) is 4.76. The molecule has 4 heteroatoms. The first-order valence-electron chi connectivity index (χ1n) is 3.68. The fourth-order valence-corrected chi connectivity index (χ4v) is 0.589. The molecule has 0 fully saturated rings. The minimum absolute atomic E-state index is 0.338. The van der Waals surface area contributed by atoms with E-state index in [0.717, 1.165) is 0 Å². The van der Waals surface area contributed by atoms with Crippen LogP contribution in [0.1, 0.15) is 20.8 Å². The van der Waals surface area contributed by atoms with Crippen molar-refractivity contribution in [3.8, 4) is 0 Å². The zero-order chi connectivity index (χ0) is 9.56. The summed E-state index contributed by atoms with van der Waals surface area (Å²) in [6.07, 6.45) is 0.526. The molecule has 12 heavy (non-hydrogen) atoms. The van der Waals surface area contributed by atoms with E-state index < -0.39 is 5.97 Å². The van der Waals surface area contributed by atoms with Gasteiger partial charge in [0.1, 0.15) is 0 Å².